The Bertz CT molecular complexity index is 673. The van der Waals surface area contributed by atoms with E-state index in [1.165, 1.54) is 18.9 Å². The van der Waals surface area contributed by atoms with Crippen molar-refractivity contribution in [3.63, 3.8) is 0 Å². The smallest absolute Gasteiger partial charge is 0.337 e. The number of carbonyl (C=O) groups is 2. The maximum Gasteiger partial charge on any atom is 0.337 e. The lowest BCUT2D eigenvalue weighted by atomic mass is 10.2. The van der Waals surface area contributed by atoms with Crippen LogP contribution in [0.15, 0.2) is 29.4 Å². The molecule has 0 radical (unpaired) electrons. The lowest BCUT2D eigenvalue weighted by Crippen LogP contribution is -2.30. The molecule has 0 bridgehead atoms. The van der Waals surface area contributed by atoms with E-state index >= 15 is 0 Å². The fourth-order valence-corrected chi connectivity index (χ4v) is 2.34. The number of anilines is 1. The van der Waals surface area contributed by atoms with Gasteiger partial charge in [-0.1, -0.05) is 11.8 Å². The van der Waals surface area contributed by atoms with Gasteiger partial charge in [-0.05, 0) is 34.7 Å². The minimum absolute atomic E-state index is 0.326. The number of esters is 1. The molecule has 1 aromatic heterocycles. The van der Waals surface area contributed by atoms with Crippen molar-refractivity contribution in [2.24, 2.45) is 7.05 Å². The average molecular weight is 336 g/mol. The standard InChI is InChI=1S/C13H16N6O3S/c1-19-13(16-17-18-19)23-8-7-14-12(21)15-10-5-3-9(4-6-10)11(20)22-2/h3-6H,7-8H2,1-2H3,(H2,14,15,21). The van der Waals surface area contributed by atoms with Gasteiger partial charge in [0.25, 0.3) is 0 Å². The predicted octanol–water partition coefficient (Wildman–Crippen LogP) is 0.910. The molecule has 0 aliphatic carbocycles. The van der Waals surface area contributed by atoms with Gasteiger partial charge in [-0.3, -0.25) is 0 Å². The number of carbonyl (C=O) groups excluding carboxylic acids is 2. The molecule has 0 saturated carbocycles. The number of nitrogens with one attached hydrogen (secondary N) is 2. The normalized spacial score (nSPS) is 10.2. The van der Waals surface area contributed by atoms with E-state index in [9.17, 15) is 9.59 Å². The molecular formula is C13H16N6O3S. The number of methoxy groups -OCH3 is 1. The highest BCUT2D eigenvalue weighted by molar-refractivity contribution is 7.99. The van der Waals surface area contributed by atoms with Gasteiger partial charge in [-0.2, -0.15) is 0 Å². The Balaban J connectivity index is 1.72. The van der Waals surface area contributed by atoms with E-state index in [0.29, 0.717) is 28.7 Å². The molecule has 0 atom stereocenters. The number of ether oxygens (including phenoxy) is 1. The summed E-state index contributed by atoms with van der Waals surface area (Å²) in [7, 11) is 3.07. The summed E-state index contributed by atoms with van der Waals surface area (Å²) in [6.07, 6.45) is 0. The van der Waals surface area contributed by atoms with Crippen LogP contribution in [0.1, 0.15) is 10.4 Å². The number of aromatic nitrogens is 4. The third-order valence-electron chi connectivity index (χ3n) is 2.76. The molecule has 2 rings (SSSR count). The van der Waals surface area contributed by atoms with Crippen LogP contribution in [-0.2, 0) is 11.8 Å². The number of hydrogen-bond donors (Lipinski definition) is 2. The fraction of sp³-hybridized carbons (Fsp3) is 0.308. The van der Waals surface area contributed by atoms with Gasteiger partial charge in [-0.15, -0.1) is 5.10 Å². The lowest BCUT2D eigenvalue weighted by molar-refractivity contribution is 0.0601. The highest BCUT2D eigenvalue weighted by atomic mass is 32.2. The second-order valence-corrected chi connectivity index (χ2v) is 5.45. The first-order valence-corrected chi connectivity index (χ1v) is 7.67. The first-order chi connectivity index (χ1) is 11.1. The second kappa shape index (κ2) is 8.13. The molecule has 0 spiro atoms. The summed E-state index contributed by atoms with van der Waals surface area (Å²) in [5.41, 5.74) is 1.01. The number of nitrogens with zero attached hydrogens (tertiary/aromatic N) is 4. The molecule has 0 aliphatic rings. The maximum absolute atomic E-state index is 11.7. The van der Waals surface area contributed by atoms with Crippen molar-refractivity contribution >= 4 is 29.4 Å². The molecule has 0 unspecified atom stereocenters. The molecule has 10 heteroatoms. The van der Waals surface area contributed by atoms with Gasteiger partial charge in [0.15, 0.2) is 0 Å². The molecule has 2 N–H and O–H groups in total. The second-order valence-electron chi connectivity index (χ2n) is 4.38. The summed E-state index contributed by atoms with van der Waals surface area (Å²) >= 11 is 1.44. The van der Waals surface area contributed by atoms with Gasteiger partial charge >= 0.3 is 12.0 Å². The topological polar surface area (TPSA) is 111 Å². The van der Waals surface area contributed by atoms with Crippen LogP contribution < -0.4 is 10.6 Å². The zero-order valence-electron chi connectivity index (χ0n) is 12.6. The van der Waals surface area contributed by atoms with Crippen molar-refractivity contribution < 1.29 is 14.3 Å². The van der Waals surface area contributed by atoms with Gasteiger partial charge < -0.3 is 15.4 Å². The Morgan fingerprint density at radius 3 is 2.65 bits per heavy atom. The number of thioether (sulfide) groups is 1. The number of benzene rings is 1. The molecule has 23 heavy (non-hydrogen) atoms. The summed E-state index contributed by atoms with van der Waals surface area (Å²) in [6.45, 7) is 0.462. The molecule has 2 aromatic rings. The number of aryl methyl sites for hydroxylation is 1. The van der Waals surface area contributed by atoms with E-state index in [1.54, 1.807) is 36.0 Å². The monoisotopic (exact) mass is 336 g/mol. The molecule has 0 fully saturated rings. The quantitative estimate of drug-likeness (QED) is 0.458. The highest BCUT2D eigenvalue weighted by Crippen LogP contribution is 2.11. The fourth-order valence-electron chi connectivity index (χ4n) is 1.63. The minimum atomic E-state index is -0.420. The van der Waals surface area contributed by atoms with Crippen LogP contribution in [0, 0.1) is 0 Å². The van der Waals surface area contributed by atoms with Crippen molar-refractivity contribution in [1.82, 2.24) is 25.5 Å². The summed E-state index contributed by atoms with van der Waals surface area (Å²) in [5.74, 6) is 0.222. The minimum Gasteiger partial charge on any atom is -0.465 e. The van der Waals surface area contributed by atoms with Gasteiger partial charge in [-0.25, -0.2) is 14.3 Å². The molecule has 122 valence electrons. The predicted molar refractivity (Wildman–Crippen MR) is 84.3 cm³/mol. The number of rotatable bonds is 6. The van der Waals surface area contributed by atoms with Crippen LogP contribution in [-0.4, -0.2) is 51.6 Å². The summed E-state index contributed by atoms with van der Waals surface area (Å²) in [5, 5.41) is 17.2. The van der Waals surface area contributed by atoms with Crippen molar-refractivity contribution in [3.05, 3.63) is 29.8 Å². The van der Waals surface area contributed by atoms with E-state index in [2.05, 4.69) is 30.9 Å². The third-order valence-corrected chi connectivity index (χ3v) is 3.78. The van der Waals surface area contributed by atoms with Crippen molar-refractivity contribution in [1.29, 1.82) is 0 Å². The number of tetrazole rings is 1. The lowest BCUT2D eigenvalue weighted by Gasteiger charge is -2.07. The van der Waals surface area contributed by atoms with Gasteiger partial charge in [0, 0.05) is 25.0 Å². The van der Waals surface area contributed by atoms with E-state index in [-0.39, 0.29) is 6.03 Å². The molecule has 1 heterocycles. The Labute approximate surface area is 136 Å². The Morgan fingerprint density at radius 1 is 1.30 bits per heavy atom. The van der Waals surface area contributed by atoms with Gasteiger partial charge in [0.05, 0.1) is 12.7 Å². The van der Waals surface area contributed by atoms with Gasteiger partial charge in [0.2, 0.25) is 5.16 Å². The summed E-state index contributed by atoms with van der Waals surface area (Å²) in [6, 6.07) is 6.10. The molecule has 0 aliphatic heterocycles. The summed E-state index contributed by atoms with van der Waals surface area (Å²) in [4.78, 5) is 23.0. The first-order valence-electron chi connectivity index (χ1n) is 6.68. The summed E-state index contributed by atoms with van der Waals surface area (Å²) < 4.78 is 6.17. The third kappa shape index (κ3) is 4.95. The van der Waals surface area contributed by atoms with E-state index in [1.807, 2.05) is 0 Å². The van der Waals surface area contributed by atoms with Gasteiger partial charge in [0.1, 0.15) is 0 Å². The Kier molecular flexibility index (Phi) is 5.92. The van der Waals surface area contributed by atoms with Crippen molar-refractivity contribution in [3.8, 4) is 0 Å². The number of urea groups is 1. The van der Waals surface area contributed by atoms with E-state index in [0.717, 1.165) is 0 Å². The maximum atomic E-state index is 11.7. The number of amides is 2. The van der Waals surface area contributed by atoms with Crippen LogP contribution in [0.3, 0.4) is 0 Å². The van der Waals surface area contributed by atoms with Crippen molar-refractivity contribution in [2.75, 3.05) is 24.7 Å². The SMILES string of the molecule is COC(=O)c1ccc(NC(=O)NCCSc2nnnn2C)cc1. The van der Waals surface area contributed by atoms with Crippen molar-refractivity contribution in [2.45, 2.75) is 5.16 Å². The Hall–Kier alpha value is -2.62. The molecular weight excluding hydrogens is 320 g/mol. The van der Waals surface area contributed by atoms with E-state index < -0.39 is 5.97 Å². The molecule has 9 nitrogen and oxygen atoms in total. The number of hydrogen-bond acceptors (Lipinski definition) is 7. The molecule has 2 amide bonds. The average Bonchev–Trinajstić information content (AvgIpc) is 2.96. The molecule has 0 saturated heterocycles. The van der Waals surface area contributed by atoms with Crippen LogP contribution in [0.2, 0.25) is 0 Å². The van der Waals surface area contributed by atoms with Crippen LogP contribution >= 0.6 is 11.8 Å². The molecule has 1 aromatic carbocycles. The van der Waals surface area contributed by atoms with E-state index in [4.69, 9.17) is 0 Å². The highest BCUT2D eigenvalue weighted by Gasteiger charge is 2.06. The van der Waals surface area contributed by atoms with Crippen LogP contribution in [0.5, 0.6) is 0 Å². The van der Waals surface area contributed by atoms with Crippen LogP contribution in [0.25, 0.3) is 0 Å². The zero-order valence-corrected chi connectivity index (χ0v) is 13.5. The first kappa shape index (κ1) is 16.7. The zero-order chi connectivity index (χ0) is 16.7. The largest absolute Gasteiger partial charge is 0.465 e. The van der Waals surface area contributed by atoms with Crippen LogP contribution in [0.4, 0.5) is 10.5 Å². The Morgan fingerprint density at radius 2 is 2.04 bits per heavy atom.